The minimum absolute atomic E-state index is 0.153. The molecule has 29 heavy (non-hydrogen) atoms. The molecule has 0 radical (unpaired) electrons. The van der Waals surface area contributed by atoms with Gasteiger partial charge in [0.05, 0.1) is 5.56 Å². The highest BCUT2D eigenvalue weighted by Gasteiger charge is 2.26. The molecule has 148 valence electrons. The van der Waals surface area contributed by atoms with Gasteiger partial charge in [0.1, 0.15) is 5.00 Å². The van der Waals surface area contributed by atoms with Gasteiger partial charge in [0, 0.05) is 33.9 Å². The van der Waals surface area contributed by atoms with Crippen LogP contribution in [-0.4, -0.2) is 16.8 Å². The molecule has 3 aromatic rings. The quantitative estimate of drug-likeness (QED) is 0.554. The van der Waals surface area contributed by atoms with Crippen molar-refractivity contribution in [1.82, 2.24) is 10.3 Å². The summed E-state index contributed by atoms with van der Waals surface area (Å²) < 4.78 is 0.913. The minimum atomic E-state index is -0.211. The number of thiophene rings is 1. The highest BCUT2D eigenvalue weighted by atomic mass is 79.9. The number of anilines is 1. The maximum atomic E-state index is 13.1. The lowest BCUT2D eigenvalue weighted by molar-refractivity contribution is 0.0951. The molecule has 0 atom stereocenters. The van der Waals surface area contributed by atoms with Crippen molar-refractivity contribution < 1.29 is 9.59 Å². The molecule has 0 spiro atoms. The molecule has 7 heteroatoms. The molecule has 2 aromatic heterocycles. The summed E-state index contributed by atoms with van der Waals surface area (Å²) in [4.78, 5) is 31.1. The normalized spacial score (nSPS) is 12.9. The van der Waals surface area contributed by atoms with E-state index in [-0.39, 0.29) is 11.8 Å². The molecule has 2 N–H and O–H groups in total. The standard InChI is InChI=1S/C22H20BrN3O2S/c23-16-9-7-15(8-10-16)20(27)26-22-19(17-5-1-2-6-18(17)29-22)21(28)25-13-14-4-3-11-24-12-14/h3-4,7-12H,1-2,5-6,13H2,(H,25,28)(H,26,27). The van der Waals surface area contributed by atoms with E-state index in [4.69, 9.17) is 0 Å². The van der Waals surface area contributed by atoms with Gasteiger partial charge in [-0.2, -0.15) is 0 Å². The smallest absolute Gasteiger partial charge is 0.256 e. The van der Waals surface area contributed by atoms with E-state index in [2.05, 4.69) is 31.5 Å². The van der Waals surface area contributed by atoms with Gasteiger partial charge < -0.3 is 10.6 Å². The number of hydrogen-bond acceptors (Lipinski definition) is 4. The summed E-state index contributed by atoms with van der Waals surface area (Å²) in [5.41, 5.74) is 3.18. The maximum absolute atomic E-state index is 13.1. The topological polar surface area (TPSA) is 71.1 Å². The number of benzene rings is 1. The number of rotatable bonds is 5. The number of carbonyl (C=O) groups excluding carboxylic acids is 2. The van der Waals surface area contributed by atoms with Gasteiger partial charge in [-0.3, -0.25) is 14.6 Å². The zero-order valence-electron chi connectivity index (χ0n) is 15.7. The second-order valence-electron chi connectivity index (χ2n) is 6.92. The summed E-state index contributed by atoms with van der Waals surface area (Å²) in [6.45, 7) is 0.400. The molecular weight excluding hydrogens is 450 g/mol. The summed E-state index contributed by atoms with van der Waals surface area (Å²) in [5, 5.41) is 6.59. The van der Waals surface area contributed by atoms with Gasteiger partial charge in [-0.05, 0) is 67.1 Å². The zero-order valence-corrected chi connectivity index (χ0v) is 18.1. The van der Waals surface area contributed by atoms with E-state index in [1.165, 1.54) is 16.2 Å². The lowest BCUT2D eigenvalue weighted by Crippen LogP contribution is -2.25. The van der Waals surface area contributed by atoms with E-state index in [0.717, 1.165) is 41.3 Å². The summed E-state index contributed by atoms with van der Waals surface area (Å²) in [5.74, 6) is -0.364. The molecule has 0 saturated heterocycles. The number of amides is 2. The van der Waals surface area contributed by atoms with Crippen LogP contribution in [0, 0.1) is 0 Å². The number of hydrogen-bond donors (Lipinski definition) is 2. The minimum Gasteiger partial charge on any atom is -0.348 e. The van der Waals surface area contributed by atoms with Gasteiger partial charge in [0.2, 0.25) is 0 Å². The molecule has 1 aromatic carbocycles. The predicted octanol–water partition coefficient (Wildman–Crippen LogP) is 4.97. The van der Waals surface area contributed by atoms with Crippen LogP contribution in [0.5, 0.6) is 0 Å². The number of fused-ring (bicyclic) bond motifs is 1. The largest absolute Gasteiger partial charge is 0.348 e. The fourth-order valence-corrected chi connectivity index (χ4v) is 4.99. The monoisotopic (exact) mass is 469 g/mol. The first-order chi connectivity index (χ1) is 14.1. The van der Waals surface area contributed by atoms with Crippen LogP contribution >= 0.6 is 27.3 Å². The van der Waals surface area contributed by atoms with E-state index >= 15 is 0 Å². The third kappa shape index (κ3) is 4.57. The highest BCUT2D eigenvalue weighted by molar-refractivity contribution is 9.10. The number of pyridine rings is 1. The molecular formula is C22H20BrN3O2S. The van der Waals surface area contributed by atoms with Gasteiger partial charge in [-0.15, -0.1) is 11.3 Å². The Morgan fingerprint density at radius 3 is 2.62 bits per heavy atom. The fraction of sp³-hybridized carbons (Fsp3) is 0.227. The second kappa shape index (κ2) is 8.88. The van der Waals surface area contributed by atoms with Gasteiger partial charge in [0.25, 0.3) is 11.8 Å². The van der Waals surface area contributed by atoms with Crippen molar-refractivity contribution in [3.63, 3.8) is 0 Å². The van der Waals surface area contributed by atoms with Crippen molar-refractivity contribution in [2.75, 3.05) is 5.32 Å². The molecule has 1 aliphatic rings. The van der Waals surface area contributed by atoms with E-state index in [1.54, 1.807) is 24.5 Å². The molecule has 2 heterocycles. The first kappa shape index (κ1) is 19.8. The summed E-state index contributed by atoms with van der Waals surface area (Å²) in [6.07, 6.45) is 7.44. The third-order valence-corrected chi connectivity index (χ3v) is 6.64. The Balaban J connectivity index is 1.58. The van der Waals surface area contributed by atoms with E-state index in [1.807, 2.05) is 24.3 Å². The van der Waals surface area contributed by atoms with Gasteiger partial charge in [-0.1, -0.05) is 22.0 Å². The SMILES string of the molecule is O=C(Nc1sc2c(c1C(=O)NCc1cccnc1)CCCC2)c1ccc(Br)cc1. The Morgan fingerprint density at radius 1 is 1.07 bits per heavy atom. The van der Waals surface area contributed by atoms with Crippen molar-refractivity contribution in [3.8, 4) is 0 Å². The summed E-state index contributed by atoms with van der Waals surface area (Å²) in [6, 6.07) is 10.9. The van der Waals surface area contributed by atoms with E-state index in [9.17, 15) is 9.59 Å². The van der Waals surface area contributed by atoms with Crippen LogP contribution in [0.1, 0.15) is 49.6 Å². The van der Waals surface area contributed by atoms with Crippen LogP contribution in [-0.2, 0) is 19.4 Å². The Kier molecular flexibility index (Phi) is 6.06. The Bertz CT molecular complexity index is 1030. The Morgan fingerprint density at radius 2 is 1.86 bits per heavy atom. The van der Waals surface area contributed by atoms with Gasteiger partial charge in [-0.25, -0.2) is 0 Å². The van der Waals surface area contributed by atoms with E-state index < -0.39 is 0 Å². The van der Waals surface area contributed by atoms with Crippen molar-refractivity contribution >= 4 is 44.1 Å². The molecule has 0 unspecified atom stereocenters. The molecule has 0 bridgehead atoms. The lowest BCUT2D eigenvalue weighted by atomic mass is 9.95. The van der Waals surface area contributed by atoms with Crippen molar-refractivity contribution in [3.05, 3.63) is 80.4 Å². The molecule has 2 amide bonds. The summed E-state index contributed by atoms with van der Waals surface area (Å²) in [7, 11) is 0. The van der Waals surface area contributed by atoms with E-state index in [0.29, 0.717) is 22.7 Å². The van der Waals surface area contributed by atoms with Crippen LogP contribution in [0.3, 0.4) is 0 Å². The fourth-order valence-electron chi connectivity index (χ4n) is 3.44. The molecule has 4 rings (SSSR count). The maximum Gasteiger partial charge on any atom is 0.256 e. The van der Waals surface area contributed by atoms with Crippen LogP contribution in [0.2, 0.25) is 0 Å². The summed E-state index contributed by atoms with van der Waals surface area (Å²) >= 11 is 4.90. The Hall–Kier alpha value is -2.51. The Labute approximate surface area is 181 Å². The number of carbonyl (C=O) groups is 2. The number of nitrogens with zero attached hydrogens (tertiary/aromatic N) is 1. The third-order valence-electron chi connectivity index (χ3n) is 4.91. The molecule has 1 aliphatic carbocycles. The van der Waals surface area contributed by atoms with Crippen molar-refractivity contribution in [1.29, 1.82) is 0 Å². The van der Waals surface area contributed by atoms with Gasteiger partial charge >= 0.3 is 0 Å². The average molecular weight is 470 g/mol. The second-order valence-corrected chi connectivity index (χ2v) is 8.94. The number of halogens is 1. The molecule has 0 fully saturated rings. The van der Waals surface area contributed by atoms with Crippen LogP contribution in [0.4, 0.5) is 5.00 Å². The van der Waals surface area contributed by atoms with Crippen LogP contribution < -0.4 is 10.6 Å². The molecule has 0 aliphatic heterocycles. The first-order valence-electron chi connectivity index (χ1n) is 9.50. The van der Waals surface area contributed by atoms with Crippen LogP contribution in [0.15, 0.2) is 53.3 Å². The first-order valence-corrected chi connectivity index (χ1v) is 11.1. The number of aromatic nitrogens is 1. The van der Waals surface area contributed by atoms with Crippen molar-refractivity contribution in [2.45, 2.75) is 32.2 Å². The van der Waals surface area contributed by atoms with Gasteiger partial charge in [0.15, 0.2) is 0 Å². The van der Waals surface area contributed by atoms with Crippen LogP contribution in [0.25, 0.3) is 0 Å². The highest BCUT2D eigenvalue weighted by Crippen LogP contribution is 2.38. The number of nitrogens with one attached hydrogen (secondary N) is 2. The predicted molar refractivity (Wildman–Crippen MR) is 118 cm³/mol. The average Bonchev–Trinajstić information content (AvgIpc) is 3.11. The number of aryl methyl sites for hydroxylation is 1. The zero-order chi connectivity index (χ0) is 20.2. The van der Waals surface area contributed by atoms with Crippen molar-refractivity contribution in [2.24, 2.45) is 0 Å². The lowest BCUT2D eigenvalue weighted by Gasteiger charge is -2.13. The molecule has 0 saturated carbocycles. The molecule has 5 nitrogen and oxygen atoms in total.